The molecule has 0 aromatic carbocycles. The first kappa shape index (κ1) is 16.5. The van der Waals surface area contributed by atoms with Gasteiger partial charge in [-0.1, -0.05) is 6.08 Å². The van der Waals surface area contributed by atoms with E-state index in [-0.39, 0.29) is 32.0 Å². The first-order valence-corrected chi connectivity index (χ1v) is 6.44. The maximum Gasteiger partial charge on any atom is 0.325 e. The number of rotatable bonds is 8. The highest BCUT2D eigenvalue weighted by atomic mass is 16.5. The molecule has 0 atom stereocenters. The molecule has 2 amide bonds. The Morgan fingerprint density at radius 2 is 2.24 bits per heavy atom. The van der Waals surface area contributed by atoms with Gasteiger partial charge in [-0.3, -0.25) is 14.4 Å². The van der Waals surface area contributed by atoms with Crippen LogP contribution in [0.1, 0.15) is 17.5 Å². The number of ether oxygens (including phenoxy) is 1. The van der Waals surface area contributed by atoms with E-state index in [1.165, 1.54) is 23.3 Å². The van der Waals surface area contributed by atoms with Gasteiger partial charge in [0, 0.05) is 6.54 Å². The van der Waals surface area contributed by atoms with Crippen molar-refractivity contribution in [2.75, 3.05) is 26.2 Å². The highest BCUT2D eigenvalue weighted by molar-refractivity contribution is 5.94. The van der Waals surface area contributed by atoms with Crippen LogP contribution in [0.2, 0.25) is 0 Å². The van der Waals surface area contributed by atoms with Crippen LogP contribution in [-0.4, -0.2) is 48.9 Å². The standard InChI is InChI=1S/C14H18N2O5/c1-3-7-16(10-13(18)20-4-2)12(17)9-15-14(19)11-6-5-8-21-11/h3,5-6,8H,1,4,7,9-10H2,2H3,(H,15,19). The van der Waals surface area contributed by atoms with Crippen molar-refractivity contribution in [2.45, 2.75) is 6.92 Å². The minimum atomic E-state index is -0.509. The molecule has 1 heterocycles. The Hall–Kier alpha value is -2.57. The zero-order valence-corrected chi connectivity index (χ0v) is 11.8. The second kappa shape index (κ2) is 8.57. The lowest BCUT2D eigenvalue weighted by Crippen LogP contribution is -2.43. The van der Waals surface area contributed by atoms with E-state index < -0.39 is 17.8 Å². The van der Waals surface area contributed by atoms with Crippen molar-refractivity contribution < 1.29 is 23.5 Å². The highest BCUT2D eigenvalue weighted by Crippen LogP contribution is 1.99. The van der Waals surface area contributed by atoms with Crippen LogP contribution >= 0.6 is 0 Å². The van der Waals surface area contributed by atoms with Crippen molar-refractivity contribution >= 4 is 17.8 Å². The molecule has 0 aliphatic rings. The van der Waals surface area contributed by atoms with Gasteiger partial charge in [-0.05, 0) is 19.1 Å². The van der Waals surface area contributed by atoms with Crippen molar-refractivity contribution in [1.82, 2.24) is 10.2 Å². The van der Waals surface area contributed by atoms with Crippen LogP contribution < -0.4 is 5.32 Å². The molecule has 114 valence electrons. The first-order valence-electron chi connectivity index (χ1n) is 6.44. The number of furan rings is 1. The lowest BCUT2D eigenvalue weighted by Gasteiger charge is -2.20. The first-order chi connectivity index (χ1) is 10.1. The molecule has 7 nitrogen and oxygen atoms in total. The van der Waals surface area contributed by atoms with Gasteiger partial charge in [0.1, 0.15) is 6.54 Å². The normalized spacial score (nSPS) is 9.76. The molecular formula is C14H18N2O5. The zero-order chi connectivity index (χ0) is 15.7. The lowest BCUT2D eigenvalue weighted by molar-refractivity contribution is -0.148. The van der Waals surface area contributed by atoms with Gasteiger partial charge < -0.3 is 19.4 Å². The van der Waals surface area contributed by atoms with E-state index in [1.54, 1.807) is 13.0 Å². The molecule has 0 saturated carbocycles. The predicted octanol–water partition coefficient (Wildman–Crippen LogP) is 0.587. The number of nitrogens with zero attached hydrogens (tertiary/aromatic N) is 1. The van der Waals surface area contributed by atoms with Crippen molar-refractivity contribution in [3.05, 3.63) is 36.8 Å². The molecule has 0 aliphatic carbocycles. The van der Waals surface area contributed by atoms with Gasteiger partial charge in [0.2, 0.25) is 5.91 Å². The molecule has 0 aliphatic heterocycles. The smallest absolute Gasteiger partial charge is 0.325 e. The van der Waals surface area contributed by atoms with Crippen molar-refractivity contribution in [3.8, 4) is 0 Å². The second-order valence-electron chi connectivity index (χ2n) is 4.03. The Morgan fingerprint density at radius 3 is 2.81 bits per heavy atom. The number of nitrogens with one attached hydrogen (secondary N) is 1. The van der Waals surface area contributed by atoms with E-state index in [0.717, 1.165) is 0 Å². The predicted molar refractivity (Wildman–Crippen MR) is 74.5 cm³/mol. The topological polar surface area (TPSA) is 88.9 Å². The molecule has 1 rings (SSSR count). The number of esters is 1. The summed E-state index contributed by atoms with van der Waals surface area (Å²) in [5, 5.41) is 2.42. The third-order valence-electron chi connectivity index (χ3n) is 2.47. The average Bonchev–Trinajstić information content (AvgIpc) is 2.98. The molecule has 0 bridgehead atoms. The fraction of sp³-hybridized carbons (Fsp3) is 0.357. The Kier molecular flexibility index (Phi) is 6.73. The zero-order valence-electron chi connectivity index (χ0n) is 11.8. The monoisotopic (exact) mass is 294 g/mol. The van der Waals surface area contributed by atoms with Gasteiger partial charge in [-0.25, -0.2) is 0 Å². The van der Waals surface area contributed by atoms with Crippen molar-refractivity contribution in [1.29, 1.82) is 0 Å². The molecule has 7 heteroatoms. The second-order valence-corrected chi connectivity index (χ2v) is 4.03. The van der Waals surface area contributed by atoms with Gasteiger partial charge >= 0.3 is 5.97 Å². The minimum Gasteiger partial charge on any atom is -0.465 e. The molecule has 1 N–H and O–H groups in total. The number of hydrogen-bond donors (Lipinski definition) is 1. The van der Waals surface area contributed by atoms with E-state index in [4.69, 9.17) is 9.15 Å². The molecule has 21 heavy (non-hydrogen) atoms. The Labute approximate surface area is 122 Å². The van der Waals surface area contributed by atoms with E-state index >= 15 is 0 Å². The Balaban J connectivity index is 2.50. The van der Waals surface area contributed by atoms with E-state index in [9.17, 15) is 14.4 Å². The Bertz CT molecular complexity index is 495. The summed E-state index contributed by atoms with van der Waals surface area (Å²) in [5.41, 5.74) is 0. The van der Waals surface area contributed by atoms with Crippen LogP contribution in [0.5, 0.6) is 0 Å². The SMILES string of the molecule is C=CCN(CC(=O)OCC)C(=O)CNC(=O)c1ccco1. The summed E-state index contributed by atoms with van der Waals surface area (Å²) >= 11 is 0. The maximum atomic E-state index is 12.0. The van der Waals surface area contributed by atoms with Crippen LogP contribution in [0, 0.1) is 0 Å². The fourth-order valence-corrected chi connectivity index (χ4v) is 1.54. The van der Waals surface area contributed by atoms with Crippen LogP contribution in [0.3, 0.4) is 0 Å². The lowest BCUT2D eigenvalue weighted by atomic mass is 10.4. The van der Waals surface area contributed by atoms with Gasteiger partial charge in [0.25, 0.3) is 5.91 Å². The van der Waals surface area contributed by atoms with Crippen LogP contribution in [0.15, 0.2) is 35.5 Å². The minimum absolute atomic E-state index is 0.114. The number of carbonyl (C=O) groups excluding carboxylic acids is 3. The number of hydrogen-bond acceptors (Lipinski definition) is 5. The molecule has 0 radical (unpaired) electrons. The maximum absolute atomic E-state index is 12.0. The summed E-state index contributed by atoms with van der Waals surface area (Å²) in [5.74, 6) is -1.31. The molecule has 1 aromatic rings. The number of carbonyl (C=O) groups is 3. The van der Waals surface area contributed by atoms with Crippen LogP contribution in [0.25, 0.3) is 0 Å². The van der Waals surface area contributed by atoms with Gasteiger partial charge in [-0.2, -0.15) is 0 Å². The van der Waals surface area contributed by atoms with Gasteiger partial charge in [0.05, 0.1) is 19.4 Å². The van der Waals surface area contributed by atoms with Crippen molar-refractivity contribution in [2.24, 2.45) is 0 Å². The van der Waals surface area contributed by atoms with E-state index in [2.05, 4.69) is 11.9 Å². The summed E-state index contributed by atoms with van der Waals surface area (Å²) in [6.07, 6.45) is 2.85. The van der Waals surface area contributed by atoms with Crippen LogP contribution in [0.4, 0.5) is 0 Å². The third-order valence-corrected chi connectivity index (χ3v) is 2.47. The average molecular weight is 294 g/mol. The summed E-state index contributed by atoms with van der Waals surface area (Å²) in [4.78, 5) is 36.2. The number of amides is 2. The highest BCUT2D eigenvalue weighted by Gasteiger charge is 2.18. The van der Waals surface area contributed by atoms with E-state index in [1.807, 2.05) is 0 Å². The summed E-state index contributed by atoms with van der Waals surface area (Å²) in [6.45, 7) is 5.21. The van der Waals surface area contributed by atoms with Gasteiger partial charge in [-0.15, -0.1) is 6.58 Å². The molecule has 0 spiro atoms. The fourth-order valence-electron chi connectivity index (χ4n) is 1.54. The Morgan fingerprint density at radius 1 is 1.48 bits per heavy atom. The molecule has 0 fully saturated rings. The largest absolute Gasteiger partial charge is 0.465 e. The summed E-state index contributed by atoms with van der Waals surface area (Å²) < 4.78 is 9.69. The van der Waals surface area contributed by atoms with Crippen LogP contribution in [-0.2, 0) is 14.3 Å². The summed E-state index contributed by atoms with van der Waals surface area (Å²) in [6, 6.07) is 3.06. The molecule has 0 unspecified atom stereocenters. The molecule has 0 saturated heterocycles. The molecule has 1 aromatic heterocycles. The molecular weight excluding hydrogens is 276 g/mol. The third kappa shape index (κ3) is 5.52. The quantitative estimate of drug-likeness (QED) is 0.560. The van der Waals surface area contributed by atoms with Crippen molar-refractivity contribution in [3.63, 3.8) is 0 Å². The van der Waals surface area contributed by atoms with Gasteiger partial charge in [0.15, 0.2) is 5.76 Å². The van der Waals surface area contributed by atoms with E-state index in [0.29, 0.717) is 0 Å². The summed E-state index contributed by atoms with van der Waals surface area (Å²) in [7, 11) is 0.